The van der Waals surface area contributed by atoms with Gasteiger partial charge in [-0.15, -0.1) is 0 Å². The molecule has 7 nitrogen and oxygen atoms in total. The molecule has 0 aromatic heterocycles. The van der Waals surface area contributed by atoms with E-state index in [0.717, 1.165) is 0 Å². The van der Waals surface area contributed by atoms with Gasteiger partial charge in [-0.25, -0.2) is 17.5 Å². The van der Waals surface area contributed by atoms with E-state index in [9.17, 15) is 17.6 Å². The zero-order chi connectivity index (χ0) is 23.7. The normalized spacial score (nSPS) is 27.2. The number of benzene rings is 1. The zero-order valence-corrected chi connectivity index (χ0v) is 20.5. The predicted molar refractivity (Wildman–Crippen MR) is 125 cm³/mol. The third kappa shape index (κ3) is 5.99. The maximum Gasteiger partial charge on any atom is 0.227 e. The highest BCUT2D eigenvalue weighted by Gasteiger charge is 2.34. The molecule has 2 atom stereocenters. The van der Waals surface area contributed by atoms with Crippen molar-refractivity contribution in [2.45, 2.75) is 83.3 Å². The highest BCUT2D eigenvalue weighted by atomic mass is 32.2. The number of sulfonamides is 1. The van der Waals surface area contributed by atoms with Crippen LogP contribution in [0.25, 0.3) is 0 Å². The van der Waals surface area contributed by atoms with E-state index in [4.69, 9.17) is 4.74 Å². The molecule has 1 aliphatic carbocycles. The van der Waals surface area contributed by atoms with E-state index in [1.165, 1.54) is 12.1 Å². The Labute approximate surface area is 191 Å². The number of anilines is 2. The molecule has 2 fully saturated rings. The summed E-state index contributed by atoms with van der Waals surface area (Å²) in [5, 5.41) is 3.00. The molecule has 1 aromatic rings. The van der Waals surface area contributed by atoms with Crippen LogP contribution in [0.4, 0.5) is 15.8 Å². The summed E-state index contributed by atoms with van der Waals surface area (Å²) in [4.78, 5) is 15.0. The molecule has 1 amide bonds. The number of ether oxygens (including phenoxy) is 1. The predicted octanol–water partition coefficient (Wildman–Crippen LogP) is 3.65. The van der Waals surface area contributed by atoms with E-state index in [0.29, 0.717) is 50.1 Å². The van der Waals surface area contributed by atoms with Crippen LogP contribution < -0.4 is 14.9 Å². The highest BCUT2D eigenvalue weighted by Crippen LogP contribution is 2.32. The van der Waals surface area contributed by atoms with Crippen molar-refractivity contribution in [3.05, 3.63) is 24.0 Å². The fourth-order valence-corrected chi connectivity index (χ4v) is 5.38. The average Bonchev–Trinajstić information content (AvgIpc) is 2.68. The van der Waals surface area contributed by atoms with Crippen molar-refractivity contribution in [3.63, 3.8) is 0 Å². The average molecular weight is 470 g/mol. The second-order valence-electron chi connectivity index (χ2n) is 10.1. The van der Waals surface area contributed by atoms with Gasteiger partial charge in [0, 0.05) is 25.0 Å². The molecule has 1 heterocycles. The zero-order valence-electron chi connectivity index (χ0n) is 19.7. The van der Waals surface area contributed by atoms with Gasteiger partial charge in [0.25, 0.3) is 0 Å². The monoisotopic (exact) mass is 469 g/mol. The van der Waals surface area contributed by atoms with Gasteiger partial charge >= 0.3 is 0 Å². The van der Waals surface area contributed by atoms with Crippen LogP contribution >= 0.6 is 0 Å². The molecule has 1 aromatic carbocycles. The van der Waals surface area contributed by atoms with Crippen LogP contribution in [0.2, 0.25) is 0 Å². The Hall–Kier alpha value is -1.71. The Morgan fingerprint density at radius 3 is 2.25 bits per heavy atom. The SMILES string of the molecule is C[C@@H]1CN(c2cc(F)ccc2NC(=O)C2CCC(NS(=O)(=O)C(C)(C)C)CC2)C[C@H](C)O1. The number of carbonyl (C=O) groups is 1. The van der Waals surface area contributed by atoms with Crippen LogP contribution in [-0.2, 0) is 19.6 Å². The van der Waals surface area contributed by atoms with Crippen LogP contribution in [0.3, 0.4) is 0 Å². The molecular formula is C23H36FN3O4S. The first kappa shape index (κ1) is 24.9. The number of halogens is 1. The summed E-state index contributed by atoms with van der Waals surface area (Å²) in [5.41, 5.74) is 1.25. The Morgan fingerprint density at radius 1 is 1.09 bits per heavy atom. The van der Waals surface area contributed by atoms with E-state index >= 15 is 0 Å². The second kappa shape index (κ2) is 9.65. The van der Waals surface area contributed by atoms with E-state index < -0.39 is 14.8 Å². The summed E-state index contributed by atoms with van der Waals surface area (Å²) in [6, 6.07) is 4.26. The summed E-state index contributed by atoms with van der Waals surface area (Å²) in [6.07, 6.45) is 2.46. The number of carbonyl (C=O) groups excluding carboxylic acids is 1. The van der Waals surface area contributed by atoms with Crippen molar-refractivity contribution in [1.82, 2.24) is 4.72 Å². The molecule has 1 saturated carbocycles. The number of hydrogen-bond donors (Lipinski definition) is 2. The van der Waals surface area contributed by atoms with Gasteiger partial charge < -0.3 is 15.0 Å². The molecule has 3 rings (SSSR count). The Bertz CT molecular complexity index is 914. The summed E-state index contributed by atoms with van der Waals surface area (Å²) < 4.78 is 46.5. The van der Waals surface area contributed by atoms with Gasteiger partial charge in [0.2, 0.25) is 15.9 Å². The lowest BCUT2D eigenvalue weighted by Crippen LogP contribution is -2.46. The smallest absolute Gasteiger partial charge is 0.227 e. The number of nitrogens with zero attached hydrogens (tertiary/aromatic N) is 1. The summed E-state index contributed by atoms with van der Waals surface area (Å²) in [7, 11) is -3.42. The van der Waals surface area contributed by atoms with Crippen molar-refractivity contribution >= 4 is 27.3 Å². The van der Waals surface area contributed by atoms with Crippen LogP contribution in [0.1, 0.15) is 60.3 Å². The van der Waals surface area contributed by atoms with Crippen LogP contribution in [0.15, 0.2) is 18.2 Å². The van der Waals surface area contributed by atoms with E-state index in [1.807, 2.05) is 13.8 Å². The van der Waals surface area contributed by atoms with Gasteiger partial charge in [0.1, 0.15) is 5.82 Å². The summed E-state index contributed by atoms with van der Waals surface area (Å²) in [5.74, 6) is -0.661. The molecule has 1 saturated heterocycles. The Kier molecular flexibility index (Phi) is 7.51. The van der Waals surface area contributed by atoms with E-state index in [2.05, 4.69) is 14.9 Å². The van der Waals surface area contributed by atoms with Crippen molar-refractivity contribution in [2.75, 3.05) is 23.3 Å². The minimum Gasteiger partial charge on any atom is -0.372 e. The summed E-state index contributed by atoms with van der Waals surface area (Å²) in [6.45, 7) is 10.2. The summed E-state index contributed by atoms with van der Waals surface area (Å²) >= 11 is 0. The molecule has 2 N–H and O–H groups in total. The number of rotatable bonds is 5. The first-order valence-electron chi connectivity index (χ1n) is 11.4. The molecule has 9 heteroatoms. The lowest BCUT2D eigenvalue weighted by molar-refractivity contribution is -0.120. The molecule has 1 aliphatic heterocycles. The number of nitrogens with one attached hydrogen (secondary N) is 2. The molecule has 0 spiro atoms. The second-order valence-corrected chi connectivity index (χ2v) is 12.6. The lowest BCUT2D eigenvalue weighted by Gasteiger charge is -2.38. The molecular weight excluding hydrogens is 433 g/mol. The highest BCUT2D eigenvalue weighted by molar-refractivity contribution is 7.90. The van der Waals surface area contributed by atoms with Gasteiger partial charge in [0.15, 0.2) is 0 Å². The maximum atomic E-state index is 14.0. The van der Waals surface area contributed by atoms with Crippen molar-refractivity contribution < 1.29 is 22.3 Å². The molecule has 2 aliphatic rings. The topological polar surface area (TPSA) is 87.7 Å². The van der Waals surface area contributed by atoms with E-state index in [1.54, 1.807) is 26.8 Å². The lowest BCUT2D eigenvalue weighted by atomic mass is 9.86. The fraction of sp³-hybridized carbons (Fsp3) is 0.696. The third-order valence-electron chi connectivity index (χ3n) is 6.20. The van der Waals surface area contributed by atoms with Crippen molar-refractivity contribution in [1.29, 1.82) is 0 Å². The largest absolute Gasteiger partial charge is 0.372 e. The number of morpholine rings is 1. The molecule has 180 valence electrons. The van der Waals surface area contributed by atoms with E-state index in [-0.39, 0.29) is 35.9 Å². The van der Waals surface area contributed by atoms with Gasteiger partial charge in [0.05, 0.1) is 28.3 Å². The fourth-order valence-electron chi connectivity index (χ4n) is 4.35. The third-order valence-corrected chi connectivity index (χ3v) is 8.46. The molecule has 0 bridgehead atoms. The van der Waals surface area contributed by atoms with Crippen LogP contribution in [0, 0.1) is 11.7 Å². The molecule has 0 unspecified atom stereocenters. The van der Waals surface area contributed by atoms with Gasteiger partial charge in [-0.05, 0) is 78.5 Å². The Morgan fingerprint density at radius 2 is 1.69 bits per heavy atom. The van der Waals surface area contributed by atoms with Gasteiger partial charge in [-0.3, -0.25) is 4.79 Å². The van der Waals surface area contributed by atoms with Crippen LogP contribution in [0.5, 0.6) is 0 Å². The standard InChI is InChI=1S/C23H36FN3O4S/c1-15-13-27(14-16(2)31-15)21-12-18(24)8-11-20(21)25-22(28)17-6-9-19(10-7-17)26-32(29,30)23(3,4)5/h8,11-12,15-17,19,26H,6-7,9-10,13-14H2,1-5H3,(H,25,28)/t15-,16+,17?,19?. The van der Waals surface area contributed by atoms with Crippen LogP contribution in [-0.4, -0.2) is 50.4 Å². The molecule has 0 radical (unpaired) electrons. The molecule has 32 heavy (non-hydrogen) atoms. The van der Waals surface area contributed by atoms with Gasteiger partial charge in [-0.1, -0.05) is 0 Å². The first-order valence-corrected chi connectivity index (χ1v) is 12.9. The Balaban J connectivity index is 1.64. The van der Waals surface area contributed by atoms with Crippen molar-refractivity contribution in [2.24, 2.45) is 5.92 Å². The minimum atomic E-state index is -3.42. The van der Waals surface area contributed by atoms with Gasteiger partial charge in [-0.2, -0.15) is 0 Å². The van der Waals surface area contributed by atoms with Crippen molar-refractivity contribution in [3.8, 4) is 0 Å². The first-order chi connectivity index (χ1) is 14.9. The quantitative estimate of drug-likeness (QED) is 0.687. The number of hydrogen-bond acceptors (Lipinski definition) is 5. The number of amides is 1. The maximum absolute atomic E-state index is 14.0. The minimum absolute atomic E-state index is 0.0118.